The minimum absolute atomic E-state index is 0.0484. The molecule has 1 saturated carbocycles. The molecule has 1 aliphatic carbocycles. The number of nitrogens with one attached hydrogen (secondary N) is 1. The van der Waals surface area contributed by atoms with Gasteiger partial charge in [0, 0.05) is 31.8 Å². The molecule has 2 N–H and O–H groups in total. The van der Waals surface area contributed by atoms with Gasteiger partial charge < -0.3 is 20.1 Å². The zero-order valence-electron chi connectivity index (χ0n) is 12.2. The van der Waals surface area contributed by atoms with Gasteiger partial charge in [-0.1, -0.05) is 6.92 Å². The molecule has 108 valence electrons. The van der Waals surface area contributed by atoms with E-state index in [1.165, 1.54) is 12.8 Å². The summed E-state index contributed by atoms with van der Waals surface area (Å²) in [7, 11) is 3.95. The zero-order chi connectivity index (χ0) is 13.4. The fraction of sp³-hybridized carbons (Fsp3) is 1.00. The number of nitrogens with zero attached hydrogens (tertiary/aromatic N) is 1. The SMILES string of the molecule is CCNC1(CO)CCCC(N(C)CCCOC)C1. The first-order valence-electron chi connectivity index (χ1n) is 7.22. The molecule has 0 aromatic rings. The third kappa shape index (κ3) is 4.50. The van der Waals surface area contributed by atoms with Gasteiger partial charge in [-0.25, -0.2) is 0 Å². The van der Waals surface area contributed by atoms with Crippen LogP contribution in [0.3, 0.4) is 0 Å². The van der Waals surface area contributed by atoms with Crippen LogP contribution in [0.1, 0.15) is 39.0 Å². The molecule has 2 atom stereocenters. The summed E-state index contributed by atoms with van der Waals surface area (Å²) in [6, 6.07) is 0.585. The van der Waals surface area contributed by atoms with Crippen LogP contribution in [0, 0.1) is 0 Å². The van der Waals surface area contributed by atoms with Crippen LogP contribution >= 0.6 is 0 Å². The first-order valence-corrected chi connectivity index (χ1v) is 7.22. The standard InChI is InChI=1S/C14H30N2O2/c1-4-15-14(12-17)8-5-7-13(11-14)16(2)9-6-10-18-3/h13,15,17H,4-12H2,1-3H3. The van der Waals surface area contributed by atoms with Crippen molar-refractivity contribution in [2.45, 2.75) is 50.6 Å². The van der Waals surface area contributed by atoms with Gasteiger partial charge in [-0.05, 0) is 45.7 Å². The van der Waals surface area contributed by atoms with Gasteiger partial charge in [-0.2, -0.15) is 0 Å². The Morgan fingerprint density at radius 2 is 2.28 bits per heavy atom. The van der Waals surface area contributed by atoms with Gasteiger partial charge in [0.05, 0.1) is 6.61 Å². The second-order valence-corrected chi connectivity index (χ2v) is 5.55. The molecule has 1 rings (SSSR count). The van der Waals surface area contributed by atoms with Gasteiger partial charge in [-0.15, -0.1) is 0 Å². The van der Waals surface area contributed by atoms with Gasteiger partial charge in [0.2, 0.25) is 0 Å². The van der Waals surface area contributed by atoms with E-state index < -0.39 is 0 Å². The monoisotopic (exact) mass is 258 g/mol. The molecule has 2 unspecified atom stereocenters. The first kappa shape index (κ1) is 15.9. The van der Waals surface area contributed by atoms with Gasteiger partial charge in [0.15, 0.2) is 0 Å². The second-order valence-electron chi connectivity index (χ2n) is 5.55. The Kier molecular flexibility index (Phi) is 7.15. The Labute approximate surface area is 112 Å². The van der Waals surface area contributed by atoms with Crippen molar-refractivity contribution in [2.75, 3.05) is 40.5 Å². The largest absolute Gasteiger partial charge is 0.394 e. The molecule has 0 saturated heterocycles. The van der Waals surface area contributed by atoms with Crippen LogP contribution in [0.4, 0.5) is 0 Å². The number of ether oxygens (including phenoxy) is 1. The number of aliphatic hydroxyl groups excluding tert-OH is 1. The zero-order valence-corrected chi connectivity index (χ0v) is 12.2. The summed E-state index contributed by atoms with van der Waals surface area (Å²) in [5.74, 6) is 0. The molecule has 4 heteroatoms. The number of hydrogen-bond acceptors (Lipinski definition) is 4. The Morgan fingerprint density at radius 1 is 1.50 bits per heavy atom. The van der Waals surface area contributed by atoms with Crippen LogP contribution in [0.5, 0.6) is 0 Å². The van der Waals surface area contributed by atoms with Gasteiger partial charge in [0.25, 0.3) is 0 Å². The van der Waals surface area contributed by atoms with Crippen LogP contribution in [-0.4, -0.2) is 62.0 Å². The quantitative estimate of drug-likeness (QED) is 0.643. The normalized spacial score (nSPS) is 28.8. The molecule has 18 heavy (non-hydrogen) atoms. The summed E-state index contributed by atoms with van der Waals surface area (Å²) in [6.45, 7) is 5.20. The van der Waals surface area contributed by atoms with E-state index in [4.69, 9.17) is 4.74 Å². The van der Waals surface area contributed by atoms with Crippen molar-refractivity contribution in [2.24, 2.45) is 0 Å². The molecular weight excluding hydrogens is 228 g/mol. The van der Waals surface area contributed by atoms with Crippen LogP contribution in [0.25, 0.3) is 0 Å². The molecule has 0 aromatic heterocycles. The molecule has 0 bridgehead atoms. The summed E-state index contributed by atoms with van der Waals surface area (Å²) >= 11 is 0. The van der Waals surface area contributed by atoms with Crippen LogP contribution < -0.4 is 5.32 Å². The van der Waals surface area contributed by atoms with E-state index in [-0.39, 0.29) is 12.1 Å². The molecule has 0 heterocycles. The maximum absolute atomic E-state index is 9.69. The highest BCUT2D eigenvalue weighted by Gasteiger charge is 2.36. The van der Waals surface area contributed by atoms with E-state index in [0.717, 1.165) is 39.0 Å². The highest BCUT2D eigenvalue weighted by Crippen LogP contribution is 2.30. The van der Waals surface area contributed by atoms with Crippen molar-refractivity contribution in [1.82, 2.24) is 10.2 Å². The highest BCUT2D eigenvalue weighted by atomic mass is 16.5. The van der Waals surface area contributed by atoms with Crippen molar-refractivity contribution in [3.8, 4) is 0 Å². The van der Waals surface area contributed by atoms with Crippen molar-refractivity contribution < 1.29 is 9.84 Å². The maximum Gasteiger partial charge on any atom is 0.0613 e. The predicted molar refractivity (Wildman–Crippen MR) is 74.9 cm³/mol. The minimum atomic E-state index is -0.0484. The summed E-state index contributed by atoms with van der Waals surface area (Å²) in [5.41, 5.74) is -0.0484. The first-order chi connectivity index (χ1) is 8.67. The molecule has 0 aliphatic heterocycles. The third-order valence-electron chi connectivity index (χ3n) is 4.16. The molecule has 1 fully saturated rings. The van der Waals surface area contributed by atoms with E-state index in [1.807, 2.05) is 0 Å². The smallest absolute Gasteiger partial charge is 0.0613 e. The number of rotatable bonds is 8. The second kappa shape index (κ2) is 8.10. The minimum Gasteiger partial charge on any atom is -0.394 e. The lowest BCUT2D eigenvalue weighted by atomic mass is 9.79. The summed E-state index contributed by atoms with van der Waals surface area (Å²) in [4.78, 5) is 2.43. The maximum atomic E-state index is 9.69. The molecule has 0 spiro atoms. The number of likely N-dealkylation sites (N-methyl/N-ethyl adjacent to an activating group) is 1. The third-order valence-corrected chi connectivity index (χ3v) is 4.16. The average Bonchev–Trinajstić information content (AvgIpc) is 2.39. The molecule has 0 radical (unpaired) electrons. The van der Waals surface area contributed by atoms with Gasteiger partial charge >= 0.3 is 0 Å². The van der Waals surface area contributed by atoms with E-state index in [2.05, 4.69) is 24.2 Å². The number of hydrogen-bond donors (Lipinski definition) is 2. The lowest BCUT2D eigenvalue weighted by molar-refractivity contribution is 0.0668. The van der Waals surface area contributed by atoms with Gasteiger partial charge in [-0.3, -0.25) is 0 Å². The molecule has 0 aromatic carbocycles. The lowest BCUT2D eigenvalue weighted by Crippen LogP contribution is -2.55. The molecule has 0 amide bonds. The fourth-order valence-electron chi connectivity index (χ4n) is 3.08. The van der Waals surface area contributed by atoms with E-state index >= 15 is 0 Å². The van der Waals surface area contributed by atoms with E-state index in [9.17, 15) is 5.11 Å². The topological polar surface area (TPSA) is 44.7 Å². The van der Waals surface area contributed by atoms with Crippen molar-refractivity contribution in [3.63, 3.8) is 0 Å². The molecular formula is C14H30N2O2. The average molecular weight is 258 g/mol. The number of aliphatic hydroxyl groups is 1. The fourth-order valence-corrected chi connectivity index (χ4v) is 3.08. The lowest BCUT2D eigenvalue weighted by Gasteiger charge is -2.43. The Balaban J connectivity index is 2.46. The number of methoxy groups -OCH3 is 1. The predicted octanol–water partition coefficient (Wildman–Crippen LogP) is 1.24. The van der Waals surface area contributed by atoms with Crippen molar-refractivity contribution in [1.29, 1.82) is 0 Å². The summed E-state index contributed by atoms with van der Waals surface area (Å²) in [6.07, 6.45) is 5.68. The summed E-state index contributed by atoms with van der Waals surface area (Å²) < 4.78 is 5.10. The van der Waals surface area contributed by atoms with E-state index in [1.54, 1.807) is 7.11 Å². The molecule has 4 nitrogen and oxygen atoms in total. The van der Waals surface area contributed by atoms with E-state index in [0.29, 0.717) is 6.04 Å². The highest BCUT2D eigenvalue weighted by molar-refractivity contribution is 4.95. The van der Waals surface area contributed by atoms with Crippen molar-refractivity contribution in [3.05, 3.63) is 0 Å². The Morgan fingerprint density at radius 3 is 2.89 bits per heavy atom. The van der Waals surface area contributed by atoms with Crippen LogP contribution in [-0.2, 0) is 4.74 Å². The summed E-state index contributed by atoms with van der Waals surface area (Å²) in [5, 5.41) is 13.2. The molecule has 1 aliphatic rings. The van der Waals surface area contributed by atoms with Crippen molar-refractivity contribution >= 4 is 0 Å². The Hall–Kier alpha value is -0.160. The Bertz CT molecular complexity index is 222. The van der Waals surface area contributed by atoms with Gasteiger partial charge in [0.1, 0.15) is 0 Å². The van der Waals surface area contributed by atoms with Crippen LogP contribution in [0.2, 0.25) is 0 Å². The van der Waals surface area contributed by atoms with Crippen LogP contribution in [0.15, 0.2) is 0 Å².